The highest BCUT2D eigenvalue weighted by molar-refractivity contribution is 7.89. The summed E-state index contributed by atoms with van der Waals surface area (Å²) in [6.45, 7) is 4.14. The van der Waals surface area contributed by atoms with Crippen LogP contribution in [-0.2, 0) is 14.8 Å². The van der Waals surface area contributed by atoms with E-state index in [0.29, 0.717) is 57.1 Å². The number of nitrogens with one attached hydrogen (secondary N) is 1. The molecule has 1 fully saturated rings. The molecule has 0 bridgehead atoms. The summed E-state index contributed by atoms with van der Waals surface area (Å²) in [7, 11) is -3.74. The van der Waals surface area contributed by atoms with Crippen LogP contribution in [0.5, 0.6) is 5.75 Å². The Morgan fingerprint density at radius 3 is 2.45 bits per heavy atom. The number of likely N-dealkylation sites (tertiary alicyclic amines) is 1. The largest absolute Gasteiger partial charge is 0.490 e. The summed E-state index contributed by atoms with van der Waals surface area (Å²) >= 11 is 0. The van der Waals surface area contributed by atoms with Crippen molar-refractivity contribution in [2.75, 3.05) is 32.9 Å². The molecule has 3 rings (SSSR count). The Balaban J connectivity index is 1.57. The van der Waals surface area contributed by atoms with E-state index in [2.05, 4.69) is 4.72 Å². The van der Waals surface area contributed by atoms with Gasteiger partial charge in [-0.15, -0.1) is 0 Å². The molecule has 0 spiro atoms. The van der Waals surface area contributed by atoms with Crippen LogP contribution in [0, 0.1) is 5.82 Å². The molecule has 9 heteroatoms. The molecule has 0 unspecified atom stereocenters. The van der Waals surface area contributed by atoms with Crippen molar-refractivity contribution in [1.82, 2.24) is 9.62 Å². The lowest BCUT2D eigenvalue weighted by Gasteiger charge is -2.32. The molecule has 1 heterocycles. The summed E-state index contributed by atoms with van der Waals surface area (Å²) in [5, 5.41) is 0. The van der Waals surface area contributed by atoms with E-state index in [-0.39, 0.29) is 16.8 Å². The maximum Gasteiger partial charge on any atom is 0.257 e. The van der Waals surface area contributed by atoms with Gasteiger partial charge >= 0.3 is 0 Å². The van der Waals surface area contributed by atoms with Gasteiger partial charge in [0.05, 0.1) is 17.1 Å². The third-order valence-corrected chi connectivity index (χ3v) is 6.57. The number of carbonyl (C=O) groups is 1. The van der Waals surface area contributed by atoms with E-state index in [1.165, 1.54) is 12.1 Å². The first kappa shape index (κ1) is 23.2. The van der Waals surface area contributed by atoms with E-state index in [1.807, 2.05) is 13.0 Å². The lowest BCUT2D eigenvalue weighted by Crippen LogP contribution is -2.46. The Morgan fingerprint density at radius 2 is 1.77 bits per heavy atom. The molecule has 1 amide bonds. The van der Waals surface area contributed by atoms with E-state index in [4.69, 9.17) is 9.47 Å². The molecule has 1 aliphatic heterocycles. The minimum Gasteiger partial charge on any atom is -0.490 e. The Hall–Kier alpha value is -2.49. The molecule has 1 aliphatic rings. The van der Waals surface area contributed by atoms with Crippen molar-refractivity contribution in [2.45, 2.75) is 30.7 Å². The number of hydrogen-bond donors (Lipinski definition) is 1. The summed E-state index contributed by atoms with van der Waals surface area (Å²) in [5.74, 6) is -0.133. The fourth-order valence-corrected chi connectivity index (χ4v) is 4.70. The van der Waals surface area contributed by atoms with E-state index in [0.717, 1.165) is 12.1 Å². The van der Waals surface area contributed by atoms with Crippen LogP contribution in [0.1, 0.15) is 30.1 Å². The SMILES string of the molecule is CCOCCOc1ccccc1C(=O)N1CCC(NS(=O)(=O)c2ccc(F)cc2)CC1. The standard InChI is InChI=1S/C22H27FN2O5S/c1-2-29-15-16-30-21-6-4-3-5-20(21)22(26)25-13-11-18(12-14-25)24-31(27,28)19-9-7-17(23)8-10-19/h3-10,18,24H,2,11-16H2,1H3. The Labute approximate surface area is 182 Å². The first-order valence-electron chi connectivity index (χ1n) is 10.3. The zero-order valence-electron chi connectivity index (χ0n) is 17.4. The summed E-state index contributed by atoms with van der Waals surface area (Å²) < 4.78 is 51.7. The van der Waals surface area contributed by atoms with Gasteiger partial charge in [0.1, 0.15) is 18.2 Å². The van der Waals surface area contributed by atoms with Crippen LogP contribution in [0.4, 0.5) is 4.39 Å². The van der Waals surface area contributed by atoms with Gasteiger partial charge in [-0.25, -0.2) is 17.5 Å². The highest BCUT2D eigenvalue weighted by Crippen LogP contribution is 2.23. The van der Waals surface area contributed by atoms with Gasteiger partial charge in [-0.1, -0.05) is 12.1 Å². The van der Waals surface area contributed by atoms with Gasteiger partial charge in [-0.3, -0.25) is 4.79 Å². The molecule has 0 radical (unpaired) electrons. The highest BCUT2D eigenvalue weighted by atomic mass is 32.2. The second kappa shape index (κ2) is 10.7. The normalized spacial score (nSPS) is 15.1. The maximum atomic E-state index is 13.1. The highest BCUT2D eigenvalue weighted by Gasteiger charge is 2.28. The molecule has 2 aromatic rings. The maximum absolute atomic E-state index is 13.1. The average molecular weight is 451 g/mol. The number of hydrogen-bond acceptors (Lipinski definition) is 5. The number of nitrogens with zero attached hydrogens (tertiary/aromatic N) is 1. The summed E-state index contributed by atoms with van der Waals surface area (Å²) in [6, 6.07) is 11.5. The molecule has 0 atom stereocenters. The Kier molecular flexibility index (Phi) is 8.00. The first-order chi connectivity index (χ1) is 14.9. The molecule has 1 saturated heterocycles. The van der Waals surface area contributed by atoms with Crippen LogP contribution in [0.25, 0.3) is 0 Å². The van der Waals surface area contributed by atoms with Crippen LogP contribution >= 0.6 is 0 Å². The molecule has 2 aromatic carbocycles. The summed E-state index contributed by atoms with van der Waals surface area (Å²) in [5.41, 5.74) is 0.476. The Bertz CT molecular complexity index is 974. The van der Waals surface area contributed by atoms with Crippen LogP contribution < -0.4 is 9.46 Å². The van der Waals surface area contributed by atoms with Gasteiger partial charge in [0.15, 0.2) is 0 Å². The molecule has 31 heavy (non-hydrogen) atoms. The lowest BCUT2D eigenvalue weighted by atomic mass is 10.0. The number of amides is 1. The first-order valence-corrected chi connectivity index (χ1v) is 11.8. The van der Waals surface area contributed by atoms with Crippen LogP contribution in [0.2, 0.25) is 0 Å². The van der Waals surface area contributed by atoms with E-state index < -0.39 is 15.8 Å². The smallest absolute Gasteiger partial charge is 0.257 e. The van der Waals surface area contributed by atoms with Crippen molar-refractivity contribution in [2.24, 2.45) is 0 Å². The molecular weight excluding hydrogens is 423 g/mol. The number of halogens is 1. The van der Waals surface area contributed by atoms with Crippen LogP contribution in [-0.4, -0.2) is 58.2 Å². The minimum absolute atomic E-state index is 0.0190. The van der Waals surface area contributed by atoms with Gasteiger partial charge in [-0.05, 0) is 56.2 Å². The number of ether oxygens (including phenoxy) is 2. The Morgan fingerprint density at radius 1 is 1.10 bits per heavy atom. The zero-order chi connectivity index (χ0) is 22.3. The van der Waals surface area contributed by atoms with Crippen LogP contribution in [0.3, 0.4) is 0 Å². The third-order valence-electron chi connectivity index (χ3n) is 5.03. The second-order valence-corrected chi connectivity index (χ2v) is 8.90. The molecule has 7 nitrogen and oxygen atoms in total. The van der Waals surface area contributed by atoms with Crippen molar-refractivity contribution in [1.29, 1.82) is 0 Å². The van der Waals surface area contributed by atoms with Crippen molar-refractivity contribution in [3.8, 4) is 5.75 Å². The minimum atomic E-state index is -3.74. The quantitative estimate of drug-likeness (QED) is 0.594. The van der Waals surface area contributed by atoms with Crippen molar-refractivity contribution in [3.05, 3.63) is 59.9 Å². The number of piperidine rings is 1. The number of para-hydroxylation sites is 1. The predicted octanol–water partition coefficient (Wildman–Crippen LogP) is 2.82. The summed E-state index contributed by atoms with van der Waals surface area (Å²) in [6.07, 6.45) is 0.971. The number of sulfonamides is 1. The monoisotopic (exact) mass is 450 g/mol. The average Bonchev–Trinajstić information content (AvgIpc) is 2.77. The van der Waals surface area contributed by atoms with Gasteiger partial charge in [-0.2, -0.15) is 0 Å². The molecular formula is C22H27FN2O5S. The predicted molar refractivity (Wildman–Crippen MR) is 114 cm³/mol. The fraction of sp³-hybridized carbons (Fsp3) is 0.409. The molecule has 0 saturated carbocycles. The number of carbonyl (C=O) groups excluding carboxylic acids is 1. The molecule has 1 N–H and O–H groups in total. The molecule has 168 valence electrons. The van der Waals surface area contributed by atoms with Gasteiger partial charge in [0, 0.05) is 25.7 Å². The third kappa shape index (κ3) is 6.25. The topological polar surface area (TPSA) is 84.9 Å². The van der Waals surface area contributed by atoms with Crippen molar-refractivity contribution in [3.63, 3.8) is 0 Å². The van der Waals surface area contributed by atoms with Gasteiger partial charge < -0.3 is 14.4 Å². The van der Waals surface area contributed by atoms with E-state index in [9.17, 15) is 17.6 Å². The van der Waals surface area contributed by atoms with E-state index >= 15 is 0 Å². The molecule has 0 aromatic heterocycles. The lowest BCUT2D eigenvalue weighted by molar-refractivity contribution is 0.0701. The zero-order valence-corrected chi connectivity index (χ0v) is 18.2. The van der Waals surface area contributed by atoms with Crippen LogP contribution in [0.15, 0.2) is 53.4 Å². The number of benzene rings is 2. The van der Waals surface area contributed by atoms with Crippen molar-refractivity contribution < 1.29 is 27.1 Å². The second-order valence-electron chi connectivity index (χ2n) is 7.18. The van der Waals surface area contributed by atoms with Crippen molar-refractivity contribution >= 4 is 15.9 Å². The molecule has 0 aliphatic carbocycles. The summed E-state index contributed by atoms with van der Waals surface area (Å²) in [4.78, 5) is 14.7. The van der Waals surface area contributed by atoms with Gasteiger partial charge in [0.25, 0.3) is 5.91 Å². The van der Waals surface area contributed by atoms with E-state index in [1.54, 1.807) is 23.1 Å². The fourth-order valence-electron chi connectivity index (χ4n) is 3.40. The number of rotatable bonds is 9. The van der Waals surface area contributed by atoms with Gasteiger partial charge in [0.2, 0.25) is 10.0 Å².